The van der Waals surface area contributed by atoms with Crippen molar-refractivity contribution in [2.45, 2.75) is 38.7 Å². The van der Waals surface area contributed by atoms with E-state index >= 15 is 0 Å². The van der Waals surface area contributed by atoms with Gasteiger partial charge in [-0.2, -0.15) is 0 Å². The van der Waals surface area contributed by atoms with Gasteiger partial charge in [-0.1, -0.05) is 6.92 Å². The van der Waals surface area contributed by atoms with Crippen LogP contribution in [0, 0.1) is 5.92 Å². The van der Waals surface area contributed by atoms with Crippen molar-refractivity contribution in [3.8, 4) is 11.5 Å². The molecule has 0 bridgehead atoms. The average molecular weight is 289 g/mol. The van der Waals surface area contributed by atoms with Gasteiger partial charge in [0.05, 0.1) is 6.42 Å². The molecule has 114 valence electrons. The number of carbonyl (C=O) groups excluding carboxylic acids is 1. The Morgan fingerprint density at radius 2 is 2.19 bits per heavy atom. The average Bonchev–Trinajstić information content (AvgIpc) is 2.60. The summed E-state index contributed by atoms with van der Waals surface area (Å²) in [5.41, 5.74) is 1.07. The Kier molecular flexibility index (Phi) is 4.15. The summed E-state index contributed by atoms with van der Waals surface area (Å²) in [5.74, 6) is 1.96. The molecule has 1 fully saturated rings. The van der Waals surface area contributed by atoms with E-state index in [1.165, 1.54) is 6.42 Å². The molecule has 0 spiro atoms. The summed E-state index contributed by atoms with van der Waals surface area (Å²) in [6, 6.07) is 5.80. The van der Waals surface area contributed by atoms with E-state index in [9.17, 15) is 4.79 Å². The lowest BCUT2D eigenvalue weighted by atomic mass is 10.0. The molecule has 2 aliphatic heterocycles. The second-order valence-corrected chi connectivity index (χ2v) is 6.28. The fourth-order valence-electron chi connectivity index (χ4n) is 3.23. The van der Waals surface area contributed by atoms with Gasteiger partial charge in [0.1, 0.15) is 17.6 Å². The molecule has 0 radical (unpaired) electrons. The van der Waals surface area contributed by atoms with Gasteiger partial charge in [0.15, 0.2) is 0 Å². The predicted octanol–water partition coefficient (Wildman–Crippen LogP) is 2.65. The molecule has 3 rings (SSSR count). The van der Waals surface area contributed by atoms with Crippen molar-refractivity contribution in [2.75, 3.05) is 20.1 Å². The molecule has 2 unspecified atom stereocenters. The number of nitrogens with zero attached hydrogens (tertiary/aromatic N) is 1. The van der Waals surface area contributed by atoms with E-state index in [-0.39, 0.29) is 12.1 Å². The first-order valence-electron chi connectivity index (χ1n) is 7.80. The zero-order valence-corrected chi connectivity index (χ0v) is 12.8. The van der Waals surface area contributed by atoms with Gasteiger partial charge in [0, 0.05) is 12.5 Å². The van der Waals surface area contributed by atoms with Crippen molar-refractivity contribution in [2.24, 2.45) is 5.92 Å². The van der Waals surface area contributed by atoms with Crippen LogP contribution >= 0.6 is 0 Å². The standard InChI is InChI=1S/C17H23NO3/c1-12-11-18(2)9-3-4-15(12)20-14-6-7-16-13(10-14)5-8-17(19)21-16/h6-7,10,12,15H,3-5,8-9,11H2,1-2H3. The molecule has 2 aliphatic rings. The van der Waals surface area contributed by atoms with E-state index in [2.05, 4.69) is 18.9 Å². The van der Waals surface area contributed by atoms with Gasteiger partial charge in [-0.25, -0.2) is 0 Å². The molecule has 0 N–H and O–H groups in total. The zero-order chi connectivity index (χ0) is 14.8. The highest BCUT2D eigenvalue weighted by Crippen LogP contribution is 2.31. The molecular weight excluding hydrogens is 266 g/mol. The number of ether oxygens (including phenoxy) is 2. The summed E-state index contributed by atoms with van der Waals surface area (Å²) < 4.78 is 11.5. The maximum absolute atomic E-state index is 11.3. The Morgan fingerprint density at radius 3 is 3.05 bits per heavy atom. The molecule has 4 nitrogen and oxygen atoms in total. The largest absolute Gasteiger partial charge is 0.490 e. The molecule has 2 heterocycles. The van der Waals surface area contributed by atoms with Gasteiger partial charge in [-0.05, 0) is 56.6 Å². The normalized spacial score (nSPS) is 26.7. The summed E-state index contributed by atoms with van der Waals surface area (Å²) in [6.45, 7) is 4.48. The van der Waals surface area contributed by atoms with Gasteiger partial charge < -0.3 is 14.4 Å². The number of esters is 1. The highest BCUT2D eigenvalue weighted by atomic mass is 16.5. The van der Waals surface area contributed by atoms with Crippen molar-refractivity contribution in [3.05, 3.63) is 23.8 Å². The molecule has 1 aromatic carbocycles. The van der Waals surface area contributed by atoms with Gasteiger partial charge >= 0.3 is 5.97 Å². The van der Waals surface area contributed by atoms with Crippen LogP contribution in [-0.2, 0) is 11.2 Å². The Hall–Kier alpha value is -1.55. The zero-order valence-electron chi connectivity index (χ0n) is 12.8. The highest BCUT2D eigenvalue weighted by molar-refractivity contribution is 5.75. The number of hydrogen-bond donors (Lipinski definition) is 0. The van der Waals surface area contributed by atoms with Crippen LogP contribution in [0.1, 0.15) is 31.7 Å². The van der Waals surface area contributed by atoms with Crippen LogP contribution in [0.3, 0.4) is 0 Å². The first-order valence-corrected chi connectivity index (χ1v) is 7.80. The fraction of sp³-hybridized carbons (Fsp3) is 0.588. The van der Waals surface area contributed by atoms with Crippen LogP contribution in [0.4, 0.5) is 0 Å². The lowest BCUT2D eigenvalue weighted by molar-refractivity contribution is -0.135. The summed E-state index contributed by atoms with van der Waals surface area (Å²) in [5, 5.41) is 0. The van der Waals surface area contributed by atoms with Crippen LogP contribution in [0.5, 0.6) is 11.5 Å². The monoisotopic (exact) mass is 289 g/mol. The van der Waals surface area contributed by atoms with Crippen molar-refractivity contribution in [1.29, 1.82) is 0 Å². The number of fused-ring (bicyclic) bond motifs is 1. The van der Waals surface area contributed by atoms with Crippen molar-refractivity contribution >= 4 is 5.97 Å². The maximum Gasteiger partial charge on any atom is 0.311 e. The van der Waals surface area contributed by atoms with Gasteiger partial charge in [0.2, 0.25) is 0 Å². The third kappa shape index (κ3) is 3.38. The summed E-state index contributed by atoms with van der Waals surface area (Å²) in [4.78, 5) is 13.7. The number of rotatable bonds is 2. The molecular formula is C17H23NO3. The smallest absolute Gasteiger partial charge is 0.311 e. The summed E-state index contributed by atoms with van der Waals surface area (Å²) in [7, 11) is 2.17. The second-order valence-electron chi connectivity index (χ2n) is 6.28. The number of hydrogen-bond acceptors (Lipinski definition) is 4. The van der Waals surface area contributed by atoms with E-state index in [1.807, 2.05) is 18.2 Å². The van der Waals surface area contributed by atoms with E-state index in [0.29, 0.717) is 18.1 Å². The van der Waals surface area contributed by atoms with E-state index in [0.717, 1.165) is 37.2 Å². The Labute approximate surface area is 126 Å². The molecule has 0 amide bonds. The number of carbonyl (C=O) groups is 1. The molecule has 1 saturated heterocycles. The van der Waals surface area contributed by atoms with Crippen molar-refractivity contribution < 1.29 is 14.3 Å². The van der Waals surface area contributed by atoms with Gasteiger partial charge in [-0.15, -0.1) is 0 Å². The van der Waals surface area contributed by atoms with Crippen LogP contribution in [0.25, 0.3) is 0 Å². The first-order chi connectivity index (χ1) is 10.1. The Balaban J connectivity index is 1.71. The second kappa shape index (κ2) is 6.06. The first kappa shape index (κ1) is 14.4. The lowest BCUT2D eigenvalue weighted by Crippen LogP contribution is -2.30. The minimum atomic E-state index is -0.142. The number of likely N-dealkylation sites (tertiary alicyclic amines) is 1. The predicted molar refractivity (Wildman–Crippen MR) is 80.7 cm³/mol. The Morgan fingerprint density at radius 1 is 1.33 bits per heavy atom. The van der Waals surface area contributed by atoms with Crippen LogP contribution in [0.2, 0.25) is 0 Å². The quantitative estimate of drug-likeness (QED) is 0.620. The van der Waals surface area contributed by atoms with E-state index in [4.69, 9.17) is 9.47 Å². The van der Waals surface area contributed by atoms with E-state index in [1.54, 1.807) is 0 Å². The van der Waals surface area contributed by atoms with Crippen LogP contribution in [-0.4, -0.2) is 37.1 Å². The van der Waals surface area contributed by atoms with Crippen LogP contribution < -0.4 is 9.47 Å². The summed E-state index contributed by atoms with van der Waals surface area (Å²) in [6.07, 6.45) is 3.74. The van der Waals surface area contributed by atoms with E-state index < -0.39 is 0 Å². The highest BCUT2D eigenvalue weighted by Gasteiger charge is 2.24. The number of aryl methyl sites for hydroxylation is 1. The maximum atomic E-state index is 11.3. The molecule has 0 saturated carbocycles. The van der Waals surface area contributed by atoms with Crippen molar-refractivity contribution in [1.82, 2.24) is 4.90 Å². The molecule has 0 aromatic heterocycles. The fourth-order valence-corrected chi connectivity index (χ4v) is 3.23. The van der Waals surface area contributed by atoms with Crippen LogP contribution in [0.15, 0.2) is 18.2 Å². The number of benzene rings is 1. The molecule has 1 aromatic rings. The molecule has 4 heteroatoms. The molecule has 21 heavy (non-hydrogen) atoms. The lowest BCUT2D eigenvalue weighted by Gasteiger charge is -2.25. The SMILES string of the molecule is CC1CN(C)CCCC1Oc1ccc2c(c1)CCC(=O)O2. The minimum absolute atomic E-state index is 0.142. The Bertz CT molecular complexity index is 529. The molecule has 0 aliphatic carbocycles. The third-order valence-corrected chi connectivity index (χ3v) is 4.40. The van der Waals surface area contributed by atoms with Gasteiger partial charge in [-0.3, -0.25) is 4.79 Å². The van der Waals surface area contributed by atoms with Crippen molar-refractivity contribution in [3.63, 3.8) is 0 Å². The van der Waals surface area contributed by atoms with Gasteiger partial charge in [0.25, 0.3) is 0 Å². The molecule has 2 atom stereocenters. The summed E-state index contributed by atoms with van der Waals surface area (Å²) >= 11 is 0. The minimum Gasteiger partial charge on any atom is -0.490 e. The third-order valence-electron chi connectivity index (χ3n) is 4.40. The topological polar surface area (TPSA) is 38.8 Å².